The Kier molecular flexibility index (Phi) is 4.59. The maximum Gasteiger partial charge on any atom is 0.184 e. The van der Waals surface area contributed by atoms with Crippen molar-refractivity contribution in [3.8, 4) is 11.4 Å². The van der Waals surface area contributed by atoms with E-state index in [4.69, 9.17) is 0 Å². The van der Waals surface area contributed by atoms with Crippen LogP contribution >= 0.6 is 11.3 Å². The predicted octanol–water partition coefficient (Wildman–Crippen LogP) is 2.92. The summed E-state index contributed by atoms with van der Waals surface area (Å²) in [7, 11) is -3.16. The molecule has 0 fully saturated rings. The van der Waals surface area contributed by atoms with Gasteiger partial charge in [-0.05, 0) is 31.2 Å². The molecule has 3 rings (SSSR count). The van der Waals surface area contributed by atoms with Gasteiger partial charge in [0.2, 0.25) is 0 Å². The normalized spacial score (nSPS) is 11.4. The van der Waals surface area contributed by atoms with Gasteiger partial charge in [0.25, 0.3) is 0 Å². The standard InChI is InChI=1S/C16H16N4O2S2/c1-11-8-14(20-16(19-11)12-4-3-7-17-9-12)18-10-13-5-6-15(23-13)24(2,21)22/h3-9H,10H2,1-2H3,(H,18,19,20). The Labute approximate surface area is 144 Å². The van der Waals surface area contributed by atoms with Gasteiger partial charge in [0, 0.05) is 40.9 Å². The van der Waals surface area contributed by atoms with Crippen LogP contribution in [0.4, 0.5) is 5.82 Å². The highest BCUT2D eigenvalue weighted by molar-refractivity contribution is 7.92. The SMILES string of the molecule is Cc1cc(NCc2ccc(S(C)(=O)=O)s2)nc(-c2cccnc2)n1. The van der Waals surface area contributed by atoms with E-state index in [1.165, 1.54) is 17.6 Å². The second-order valence-corrected chi connectivity index (χ2v) is 8.72. The molecule has 0 aromatic carbocycles. The van der Waals surface area contributed by atoms with Crippen LogP contribution in [-0.4, -0.2) is 29.6 Å². The van der Waals surface area contributed by atoms with E-state index in [0.29, 0.717) is 22.4 Å². The molecule has 24 heavy (non-hydrogen) atoms. The minimum atomic E-state index is -3.16. The van der Waals surface area contributed by atoms with E-state index in [-0.39, 0.29) is 0 Å². The first-order valence-corrected chi connectivity index (χ1v) is 9.91. The monoisotopic (exact) mass is 360 g/mol. The summed E-state index contributed by atoms with van der Waals surface area (Å²) in [4.78, 5) is 13.9. The van der Waals surface area contributed by atoms with Crippen molar-refractivity contribution in [3.63, 3.8) is 0 Å². The Hall–Kier alpha value is -2.32. The van der Waals surface area contributed by atoms with Gasteiger partial charge in [-0.15, -0.1) is 11.3 Å². The summed E-state index contributed by atoms with van der Waals surface area (Å²) in [6.45, 7) is 2.41. The molecular formula is C16H16N4O2S2. The lowest BCUT2D eigenvalue weighted by Crippen LogP contribution is -2.03. The molecule has 0 aliphatic rings. The van der Waals surface area contributed by atoms with E-state index in [0.717, 1.165) is 16.1 Å². The summed E-state index contributed by atoms with van der Waals surface area (Å²) in [6.07, 6.45) is 4.63. The summed E-state index contributed by atoms with van der Waals surface area (Å²) in [5.41, 5.74) is 1.69. The Morgan fingerprint density at radius 3 is 2.71 bits per heavy atom. The van der Waals surface area contributed by atoms with E-state index >= 15 is 0 Å². The third-order valence-corrected chi connectivity index (χ3v) is 6.13. The number of anilines is 1. The summed E-state index contributed by atoms with van der Waals surface area (Å²) >= 11 is 1.26. The predicted molar refractivity (Wildman–Crippen MR) is 94.8 cm³/mol. The average molecular weight is 360 g/mol. The number of aromatic nitrogens is 3. The molecule has 124 valence electrons. The van der Waals surface area contributed by atoms with Crippen LogP contribution in [-0.2, 0) is 16.4 Å². The van der Waals surface area contributed by atoms with Crippen LogP contribution in [0.1, 0.15) is 10.6 Å². The largest absolute Gasteiger partial charge is 0.365 e. The molecule has 0 spiro atoms. The van der Waals surface area contributed by atoms with E-state index in [2.05, 4.69) is 20.3 Å². The van der Waals surface area contributed by atoms with Gasteiger partial charge in [0.1, 0.15) is 10.0 Å². The van der Waals surface area contributed by atoms with Crippen LogP contribution in [0.3, 0.4) is 0 Å². The number of rotatable bonds is 5. The fourth-order valence-electron chi connectivity index (χ4n) is 2.11. The number of sulfone groups is 1. The highest BCUT2D eigenvalue weighted by Crippen LogP contribution is 2.23. The average Bonchev–Trinajstić information content (AvgIpc) is 3.03. The number of thiophene rings is 1. The summed E-state index contributed by atoms with van der Waals surface area (Å²) in [5, 5.41) is 3.22. The van der Waals surface area contributed by atoms with E-state index in [1.54, 1.807) is 18.5 Å². The van der Waals surface area contributed by atoms with Gasteiger partial charge in [0.05, 0.1) is 6.54 Å². The fourth-order valence-corrected chi connectivity index (χ4v) is 4.03. The number of nitrogens with zero attached hydrogens (tertiary/aromatic N) is 3. The highest BCUT2D eigenvalue weighted by Gasteiger charge is 2.11. The van der Waals surface area contributed by atoms with Gasteiger partial charge in [0.15, 0.2) is 15.7 Å². The van der Waals surface area contributed by atoms with Crippen molar-refractivity contribution in [1.29, 1.82) is 0 Å². The third-order valence-electron chi connectivity index (χ3n) is 3.22. The molecule has 0 bridgehead atoms. The molecule has 0 aliphatic carbocycles. The number of hydrogen-bond donors (Lipinski definition) is 1. The zero-order valence-corrected chi connectivity index (χ0v) is 14.9. The number of hydrogen-bond acceptors (Lipinski definition) is 7. The lowest BCUT2D eigenvalue weighted by molar-refractivity contribution is 0.604. The van der Waals surface area contributed by atoms with Crippen LogP contribution in [0.2, 0.25) is 0 Å². The van der Waals surface area contributed by atoms with Crippen molar-refractivity contribution in [3.05, 3.63) is 53.3 Å². The quantitative estimate of drug-likeness (QED) is 0.753. The molecule has 0 aliphatic heterocycles. The van der Waals surface area contributed by atoms with Gasteiger partial charge in [-0.25, -0.2) is 18.4 Å². The number of aryl methyl sites for hydroxylation is 1. The van der Waals surface area contributed by atoms with Crippen LogP contribution in [0.25, 0.3) is 11.4 Å². The molecule has 0 radical (unpaired) electrons. The Bertz CT molecular complexity index is 953. The molecule has 0 saturated heterocycles. The molecule has 8 heteroatoms. The lowest BCUT2D eigenvalue weighted by atomic mass is 10.2. The second kappa shape index (κ2) is 6.66. The van der Waals surface area contributed by atoms with Crippen molar-refractivity contribution in [1.82, 2.24) is 15.0 Å². The second-order valence-electron chi connectivity index (χ2n) is 5.31. The van der Waals surface area contributed by atoms with Crippen LogP contribution in [0.15, 0.2) is 46.9 Å². The topological polar surface area (TPSA) is 84.8 Å². The highest BCUT2D eigenvalue weighted by atomic mass is 32.2. The molecular weight excluding hydrogens is 344 g/mol. The Morgan fingerprint density at radius 1 is 1.21 bits per heavy atom. The van der Waals surface area contributed by atoms with Gasteiger partial charge >= 0.3 is 0 Å². The first-order valence-electron chi connectivity index (χ1n) is 7.20. The maximum absolute atomic E-state index is 11.5. The van der Waals surface area contributed by atoms with Crippen molar-refractivity contribution in [2.75, 3.05) is 11.6 Å². The Balaban J connectivity index is 1.78. The summed E-state index contributed by atoms with van der Waals surface area (Å²) in [6, 6.07) is 9.04. The van der Waals surface area contributed by atoms with Gasteiger partial charge in [-0.2, -0.15) is 0 Å². The number of pyridine rings is 1. The molecule has 3 aromatic rings. The molecule has 6 nitrogen and oxygen atoms in total. The fraction of sp³-hybridized carbons (Fsp3) is 0.188. The van der Waals surface area contributed by atoms with Crippen molar-refractivity contribution in [2.24, 2.45) is 0 Å². The zero-order chi connectivity index (χ0) is 17.2. The van der Waals surface area contributed by atoms with Gasteiger partial charge in [-0.1, -0.05) is 0 Å². The van der Waals surface area contributed by atoms with Gasteiger partial charge < -0.3 is 5.32 Å². The number of nitrogens with one attached hydrogen (secondary N) is 1. The van der Waals surface area contributed by atoms with E-state index in [1.807, 2.05) is 31.2 Å². The van der Waals surface area contributed by atoms with E-state index in [9.17, 15) is 8.42 Å². The molecule has 3 heterocycles. The summed E-state index contributed by atoms with van der Waals surface area (Å²) in [5.74, 6) is 1.30. The maximum atomic E-state index is 11.5. The third kappa shape index (κ3) is 3.95. The van der Waals surface area contributed by atoms with Crippen molar-refractivity contribution < 1.29 is 8.42 Å². The van der Waals surface area contributed by atoms with Crippen LogP contribution in [0.5, 0.6) is 0 Å². The minimum absolute atomic E-state index is 0.370. The molecule has 0 amide bonds. The van der Waals surface area contributed by atoms with Crippen LogP contribution < -0.4 is 5.32 Å². The van der Waals surface area contributed by atoms with Crippen molar-refractivity contribution >= 4 is 27.0 Å². The van der Waals surface area contributed by atoms with E-state index < -0.39 is 9.84 Å². The first-order chi connectivity index (χ1) is 11.4. The van der Waals surface area contributed by atoms with Crippen molar-refractivity contribution in [2.45, 2.75) is 17.7 Å². The van der Waals surface area contributed by atoms with Gasteiger partial charge in [-0.3, -0.25) is 4.98 Å². The lowest BCUT2D eigenvalue weighted by Gasteiger charge is -2.07. The van der Waals surface area contributed by atoms with Crippen LogP contribution in [0, 0.1) is 6.92 Å². The smallest absolute Gasteiger partial charge is 0.184 e. The zero-order valence-electron chi connectivity index (χ0n) is 13.2. The molecule has 1 N–H and O–H groups in total. The molecule has 0 unspecified atom stereocenters. The molecule has 0 atom stereocenters. The first kappa shape index (κ1) is 16.5. The molecule has 3 aromatic heterocycles. The Morgan fingerprint density at radius 2 is 2.04 bits per heavy atom. The molecule has 0 saturated carbocycles. The summed E-state index contributed by atoms with van der Waals surface area (Å²) < 4.78 is 23.4. The minimum Gasteiger partial charge on any atom is -0.365 e.